The van der Waals surface area contributed by atoms with E-state index in [1.54, 1.807) is 36.5 Å². The Hall–Kier alpha value is -2.00. The molecule has 3 aromatic rings. The van der Waals surface area contributed by atoms with Crippen molar-refractivity contribution in [1.82, 2.24) is 4.98 Å². The highest BCUT2D eigenvalue weighted by Crippen LogP contribution is 2.29. The van der Waals surface area contributed by atoms with Crippen LogP contribution in [-0.2, 0) is 0 Å². The maximum Gasteiger partial charge on any atom is 0.244 e. The van der Waals surface area contributed by atoms with Crippen LogP contribution in [0.1, 0.15) is 21.8 Å². The Labute approximate surface area is 108 Å². The molecule has 0 aliphatic heterocycles. The largest absolute Gasteiger partial charge is 0.452 e. The van der Waals surface area contributed by atoms with Gasteiger partial charge >= 0.3 is 0 Å². The quantitative estimate of drug-likeness (QED) is 0.708. The molecule has 2 aromatic heterocycles. The van der Waals surface area contributed by atoms with Crippen molar-refractivity contribution >= 4 is 28.4 Å². The first kappa shape index (κ1) is 11.1. The molecule has 0 radical (unpaired) electrons. The molecule has 0 spiro atoms. The lowest BCUT2D eigenvalue weighted by atomic mass is 10.1. The van der Waals surface area contributed by atoms with E-state index in [1.165, 1.54) is 0 Å². The fraction of sp³-hybridized carbons (Fsp3) is 0.0714. The molecule has 0 aliphatic carbocycles. The smallest absolute Gasteiger partial charge is 0.244 e. The molecule has 0 atom stereocenters. The number of aromatic nitrogens is 1. The van der Waals surface area contributed by atoms with Crippen LogP contribution in [0, 0.1) is 6.92 Å². The second-order valence-corrected chi connectivity index (χ2v) is 4.55. The van der Waals surface area contributed by atoms with Gasteiger partial charge in [0.2, 0.25) is 5.78 Å². The topological polar surface area (TPSA) is 46.0 Å². The number of rotatable bonds is 2. The Morgan fingerprint density at radius 1 is 1.33 bits per heavy atom. The summed E-state index contributed by atoms with van der Waals surface area (Å²) in [5.74, 6) is 0.208. The minimum Gasteiger partial charge on any atom is -0.452 e. The number of halogens is 1. The maximum atomic E-state index is 12.2. The number of aryl methyl sites for hydroxylation is 1. The van der Waals surface area contributed by atoms with Gasteiger partial charge in [0.15, 0.2) is 5.76 Å². The van der Waals surface area contributed by atoms with Gasteiger partial charge in [-0.2, -0.15) is 0 Å². The van der Waals surface area contributed by atoms with E-state index in [0.29, 0.717) is 22.1 Å². The molecule has 0 aliphatic rings. The fourth-order valence-electron chi connectivity index (χ4n) is 2.00. The van der Waals surface area contributed by atoms with Gasteiger partial charge in [0.25, 0.3) is 0 Å². The molecule has 2 heterocycles. The normalized spacial score (nSPS) is 11.0. The second kappa shape index (κ2) is 4.03. The van der Waals surface area contributed by atoms with E-state index in [2.05, 4.69) is 4.98 Å². The van der Waals surface area contributed by atoms with Gasteiger partial charge in [-0.3, -0.25) is 4.79 Å². The molecule has 90 valence electrons. The van der Waals surface area contributed by atoms with Gasteiger partial charge in [-0.05, 0) is 37.3 Å². The van der Waals surface area contributed by atoms with Crippen LogP contribution < -0.4 is 0 Å². The molecule has 4 heteroatoms. The Balaban J connectivity index is 2.19. The highest BCUT2D eigenvalue weighted by atomic mass is 35.5. The first-order chi connectivity index (χ1) is 8.66. The van der Waals surface area contributed by atoms with Crippen molar-refractivity contribution in [3.8, 4) is 0 Å². The number of carbonyl (C=O) groups excluding carboxylic acids is 1. The lowest BCUT2D eigenvalue weighted by molar-refractivity contribution is 0.101. The molecule has 0 unspecified atom stereocenters. The molecular weight excluding hydrogens is 250 g/mol. The van der Waals surface area contributed by atoms with Gasteiger partial charge in [-0.1, -0.05) is 11.6 Å². The number of hydrogen-bond donors (Lipinski definition) is 1. The number of ketones is 1. The van der Waals surface area contributed by atoms with Gasteiger partial charge in [-0.25, -0.2) is 0 Å². The van der Waals surface area contributed by atoms with Crippen LogP contribution in [0.3, 0.4) is 0 Å². The Kier molecular flexibility index (Phi) is 2.49. The van der Waals surface area contributed by atoms with Crippen molar-refractivity contribution in [3.05, 3.63) is 58.6 Å². The van der Waals surface area contributed by atoms with E-state index in [-0.39, 0.29) is 5.78 Å². The summed E-state index contributed by atoms with van der Waals surface area (Å²) in [7, 11) is 0. The van der Waals surface area contributed by atoms with E-state index < -0.39 is 0 Å². The predicted molar refractivity (Wildman–Crippen MR) is 70.2 cm³/mol. The third-order valence-electron chi connectivity index (χ3n) is 2.95. The Bertz CT molecular complexity index is 726. The predicted octanol–water partition coefficient (Wildman–Crippen LogP) is 3.95. The first-order valence-corrected chi connectivity index (χ1v) is 5.91. The van der Waals surface area contributed by atoms with Crippen molar-refractivity contribution in [2.75, 3.05) is 0 Å². The monoisotopic (exact) mass is 259 g/mol. The van der Waals surface area contributed by atoms with Crippen LogP contribution in [0.4, 0.5) is 0 Å². The number of benzene rings is 1. The number of hydrogen-bond acceptors (Lipinski definition) is 2. The van der Waals surface area contributed by atoms with Crippen LogP contribution >= 0.6 is 11.6 Å². The summed E-state index contributed by atoms with van der Waals surface area (Å²) in [6.07, 6.45) is 1.71. The number of H-pyrrole nitrogens is 1. The summed E-state index contributed by atoms with van der Waals surface area (Å²) in [6, 6.07) is 8.83. The third-order valence-corrected chi connectivity index (χ3v) is 3.18. The van der Waals surface area contributed by atoms with E-state index in [0.717, 1.165) is 10.9 Å². The standard InChI is InChI=1S/C14H10ClNO2/c1-8-10-7-9(15)4-5-12(10)18-14(8)13(17)11-3-2-6-16-11/h2-7,16H,1H3. The summed E-state index contributed by atoms with van der Waals surface area (Å²) in [5.41, 5.74) is 2.00. The fourth-order valence-corrected chi connectivity index (χ4v) is 2.18. The molecular formula is C14H10ClNO2. The van der Waals surface area contributed by atoms with Crippen LogP contribution in [0.5, 0.6) is 0 Å². The van der Waals surface area contributed by atoms with Crippen LogP contribution in [-0.4, -0.2) is 10.8 Å². The molecule has 0 saturated carbocycles. The summed E-state index contributed by atoms with van der Waals surface area (Å²) >= 11 is 5.95. The number of carbonyl (C=O) groups is 1. The zero-order chi connectivity index (χ0) is 12.7. The molecule has 0 bridgehead atoms. The summed E-state index contributed by atoms with van der Waals surface area (Å²) in [5, 5.41) is 1.50. The average Bonchev–Trinajstić information content (AvgIpc) is 2.98. The van der Waals surface area contributed by atoms with Crippen LogP contribution in [0.25, 0.3) is 11.0 Å². The zero-order valence-electron chi connectivity index (χ0n) is 9.66. The van der Waals surface area contributed by atoms with Crippen molar-refractivity contribution in [2.45, 2.75) is 6.92 Å². The number of aromatic amines is 1. The Morgan fingerprint density at radius 2 is 2.17 bits per heavy atom. The van der Waals surface area contributed by atoms with Gasteiger partial charge in [0.05, 0.1) is 5.69 Å². The molecule has 3 nitrogen and oxygen atoms in total. The zero-order valence-corrected chi connectivity index (χ0v) is 10.4. The molecule has 3 rings (SSSR count). The molecule has 0 amide bonds. The molecule has 18 heavy (non-hydrogen) atoms. The van der Waals surface area contributed by atoms with Crippen molar-refractivity contribution in [2.24, 2.45) is 0 Å². The Morgan fingerprint density at radius 3 is 2.89 bits per heavy atom. The third kappa shape index (κ3) is 1.64. The van der Waals surface area contributed by atoms with E-state index in [9.17, 15) is 4.79 Å². The summed E-state index contributed by atoms with van der Waals surface area (Å²) in [4.78, 5) is 15.1. The van der Waals surface area contributed by atoms with Crippen molar-refractivity contribution in [1.29, 1.82) is 0 Å². The van der Waals surface area contributed by atoms with E-state index in [1.807, 2.05) is 6.92 Å². The number of furan rings is 1. The molecule has 0 saturated heterocycles. The number of nitrogens with one attached hydrogen (secondary N) is 1. The lowest BCUT2D eigenvalue weighted by Crippen LogP contribution is -2.01. The number of fused-ring (bicyclic) bond motifs is 1. The van der Waals surface area contributed by atoms with Gasteiger partial charge in [-0.15, -0.1) is 0 Å². The highest BCUT2D eigenvalue weighted by molar-refractivity contribution is 6.31. The van der Waals surface area contributed by atoms with E-state index >= 15 is 0 Å². The average molecular weight is 260 g/mol. The lowest BCUT2D eigenvalue weighted by Gasteiger charge is -1.94. The molecule has 1 aromatic carbocycles. The minimum absolute atomic E-state index is 0.148. The van der Waals surface area contributed by atoms with Crippen LogP contribution in [0.2, 0.25) is 5.02 Å². The maximum absolute atomic E-state index is 12.2. The summed E-state index contributed by atoms with van der Waals surface area (Å²) < 4.78 is 5.61. The minimum atomic E-state index is -0.148. The van der Waals surface area contributed by atoms with Gasteiger partial charge in [0.1, 0.15) is 5.58 Å². The summed E-state index contributed by atoms with van der Waals surface area (Å²) in [6.45, 7) is 1.86. The SMILES string of the molecule is Cc1c(C(=O)c2ccc[nH]2)oc2ccc(Cl)cc12. The van der Waals surface area contributed by atoms with Gasteiger partial charge in [0, 0.05) is 22.2 Å². The van der Waals surface area contributed by atoms with Crippen LogP contribution in [0.15, 0.2) is 40.9 Å². The molecule has 1 N–H and O–H groups in total. The second-order valence-electron chi connectivity index (χ2n) is 4.11. The molecule has 0 fully saturated rings. The van der Waals surface area contributed by atoms with Crippen molar-refractivity contribution in [3.63, 3.8) is 0 Å². The first-order valence-electron chi connectivity index (χ1n) is 5.53. The van der Waals surface area contributed by atoms with E-state index in [4.69, 9.17) is 16.0 Å². The highest BCUT2D eigenvalue weighted by Gasteiger charge is 2.19. The van der Waals surface area contributed by atoms with Gasteiger partial charge < -0.3 is 9.40 Å². The van der Waals surface area contributed by atoms with Crippen molar-refractivity contribution < 1.29 is 9.21 Å².